The van der Waals surface area contributed by atoms with Crippen LogP contribution in [0.3, 0.4) is 0 Å². The van der Waals surface area contributed by atoms with E-state index in [0.717, 1.165) is 4.88 Å². The number of amides is 1. The molecule has 0 aliphatic heterocycles. The summed E-state index contributed by atoms with van der Waals surface area (Å²) in [4.78, 5) is 16.9. The van der Waals surface area contributed by atoms with E-state index in [4.69, 9.17) is 4.52 Å². The van der Waals surface area contributed by atoms with Crippen LogP contribution in [0.5, 0.6) is 0 Å². The Hall–Kier alpha value is -2.27. The maximum absolute atomic E-state index is 12.0. The second-order valence-electron chi connectivity index (χ2n) is 4.23. The number of hydrogen-bond donors (Lipinski definition) is 1. The molecule has 0 saturated carbocycles. The van der Waals surface area contributed by atoms with Crippen molar-refractivity contribution in [3.63, 3.8) is 0 Å². The van der Waals surface area contributed by atoms with Gasteiger partial charge in [-0.2, -0.15) is 4.98 Å². The second kappa shape index (κ2) is 6.23. The number of thioether (sulfide) groups is 1. The summed E-state index contributed by atoms with van der Waals surface area (Å²) in [6, 6.07) is 1.80. The molecule has 3 aromatic rings. The zero-order chi connectivity index (χ0) is 15.5. The number of hydrogen-bond acceptors (Lipinski definition) is 9. The summed E-state index contributed by atoms with van der Waals surface area (Å²) in [7, 11) is 1.72. The van der Waals surface area contributed by atoms with Gasteiger partial charge in [0.15, 0.2) is 5.82 Å². The van der Waals surface area contributed by atoms with Crippen LogP contribution in [0.2, 0.25) is 0 Å². The Morgan fingerprint density at radius 1 is 1.55 bits per heavy atom. The van der Waals surface area contributed by atoms with Crippen molar-refractivity contribution in [1.29, 1.82) is 0 Å². The quantitative estimate of drug-likeness (QED) is 0.695. The summed E-state index contributed by atoms with van der Waals surface area (Å²) in [5, 5.41) is 20.0. The maximum atomic E-state index is 12.0. The van der Waals surface area contributed by atoms with Gasteiger partial charge >= 0.3 is 0 Å². The molecule has 0 fully saturated rings. The summed E-state index contributed by atoms with van der Waals surface area (Å²) in [5.74, 6) is 0.981. The second-order valence-corrected chi connectivity index (χ2v) is 6.09. The largest absolute Gasteiger partial charge is 0.333 e. The third-order valence-corrected chi connectivity index (χ3v) is 4.49. The number of nitrogens with one attached hydrogen (secondary N) is 1. The van der Waals surface area contributed by atoms with Gasteiger partial charge in [-0.15, -0.1) is 16.4 Å². The zero-order valence-electron chi connectivity index (χ0n) is 11.7. The molecule has 9 nitrogen and oxygen atoms in total. The van der Waals surface area contributed by atoms with Gasteiger partial charge in [-0.3, -0.25) is 4.79 Å². The number of aromatic nitrogens is 6. The number of carbonyl (C=O) groups is 1. The Kier molecular flexibility index (Phi) is 4.15. The average molecular weight is 337 g/mol. The van der Waals surface area contributed by atoms with E-state index in [1.807, 2.05) is 5.38 Å². The van der Waals surface area contributed by atoms with Crippen molar-refractivity contribution in [1.82, 2.24) is 30.3 Å². The molecule has 3 aromatic heterocycles. The van der Waals surface area contributed by atoms with Crippen LogP contribution in [0.25, 0.3) is 10.8 Å². The molecule has 3 rings (SSSR count). The van der Waals surface area contributed by atoms with E-state index in [9.17, 15) is 4.79 Å². The molecule has 3 heterocycles. The summed E-state index contributed by atoms with van der Waals surface area (Å²) in [6.45, 7) is 1.74. The smallest absolute Gasteiger partial charge is 0.270 e. The number of tetrazole rings is 1. The van der Waals surface area contributed by atoms with Crippen LogP contribution in [0, 0.1) is 6.92 Å². The number of carbonyl (C=O) groups excluding carboxylic acids is 1. The van der Waals surface area contributed by atoms with Gasteiger partial charge in [0, 0.05) is 7.05 Å². The van der Waals surface area contributed by atoms with E-state index >= 15 is 0 Å². The lowest BCUT2D eigenvalue weighted by Crippen LogP contribution is -2.14. The Morgan fingerprint density at radius 3 is 3.09 bits per heavy atom. The molecule has 0 spiro atoms. The van der Waals surface area contributed by atoms with Crippen LogP contribution in [0.4, 0.5) is 5.69 Å². The third kappa shape index (κ3) is 3.14. The van der Waals surface area contributed by atoms with Crippen LogP contribution in [0.1, 0.15) is 5.82 Å². The summed E-state index contributed by atoms with van der Waals surface area (Å²) >= 11 is 2.68. The van der Waals surface area contributed by atoms with Gasteiger partial charge in [-0.1, -0.05) is 16.9 Å². The first-order chi connectivity index (χ1) is 10.6. The van der Waals surface area contributed by atoms with Crippen molar-refractivity contribution < 1.29 is 9.32 Å². The summed E-state index contributed by atoms with van der Waals surface area (Å²) in [6.07, 6.45) is 0. The van der Waals surface area contributed by atoms with Gasteiger partial charge in [-0.25, -0.2) is 4.68 Å². The molecule has 1 N–H and O–H groups in total. The molecule has 22 heavy (non-hydrogen) atoms. The highest BCUT2D eigenvalue weighted by Crippen LogP contribution is 2.32. The fourth-order valence-electron chi connectivity index (χ4n) is 1.62. The van der Waals surface area contributed by atoms with Gasteiger partial charge < -0.3 is 9.84 Å². The van der Waals surface area contributed by atoms with E-state index in [-0.39, 0.29) is 11.7 Å². The topological polar surface area (TPSA) is 112 Å². The molecule has 0 saturated heterocycles. The molecule has 114 valence electrons. The zero-order valence-corrected chi connectivity index (χ0v) is 13.3. The Bertz CT molecular complexity index is 794. The number of rotatable bonds is 5. The van der Waals surface area contributed by atoms with E-state index in [1.54, 1.807) is 20.0 Å². The van der Waals surface area contributed by atoms with Gasteiger partial charge in [0.05, 0.1) is 11.4 Å². The maximum Gasteiger partial charge on any atom is 0.270 e. The van der Waals surface area contributed by atoms with Gasteiger partial charge in [0.1, 0.15) is 4.88 Å². The van der Waals surface area contributed by atoms with Crippen LogP contribution < -0.4 is 5.32 Å². The minimum absolute atomic E-state index is 0.163. The minimum atomic E-state index is -0.163. The normalized spacial score (nSPS) is 10.8. The monoisotopic (exact) mass is 337 g/mol. The Morgan fingerprint density at radius 2 is 2.41 bits per heavy atom. The first kappa shape index (κ1) is 14.7. The van der Waals surface area contributed by atoms with Crippen molar-refractivity contribution >= 4 is 34.7 Å². The van der Waals surface area contributed by atoms with Crippen molar-refractivity contribution in [2.75, 3.05) is 11.1 Å². The number of anilines is 1. The van der Waals surface area contributed by atoms with Crippen LogP contribution in [0.15, 0.2) is 21.1 Å². The standard InChI is InChI=1S/C11H11N7O2S2/c1-6-12-10(20-15-6)9-7(3-4-21-9)13-8(19)5-22-11-14-16-17-18(11)2/h3-4H,5H2,1-2H3,(H,13,19). The van der Waals surface area contributed by atoms with Crippen molar-refractivity contribution in [2.45, 2.75) is 12.1 Å². The lowest BCUT2D eigenvalue weighted by molar-refractivity contribution is -0.113. The predicted molar refractivity (Wildman–Crippen MR) is 80.5 cm³/mol. The third-order valence-electron chi connectivity index (χ3n) is 2.57. The number of aryl methyl sites for hydroxylation is 2. The highest BCUT2D eigenvalue weighted by molar-refractivity contribution is 7.99. The van der Waals surface area contributed by atoms with E-state index in [2.05, 4.69) is 31.0 Å². The van der Waals surface area contributed by atoms with Crippen molar-refractivity contribution in [3.8, 4) is 10.8 Å². The van der Waals surface area contributed by atoms with E-state index < -0.39 is 0 Å². The molecule has 1 amide bonds. The minimum Gasteiger partial charge on any atom is -0.333 e. The Labute approximate surface area is 133 Å². The highest BCUT2D eigenvalue weighted by Gasteiger charge is 2.16. The fourth-order valence-corrected chi connectivity index (χ4v) is 3.04. The van der Waals surface area contributed by atoms with Gasteiger partial charge in [0.25, 0.3) is 5.89 Å². The van der Waals surface area contributed by atoms with Crippen LogP contribution in [-0.4, -0.2) is 42.0 Å². The van der Waals surface area contributed by atoms with Crippen molar-refractivity contribution in [2.24, 2.45) is 7.05 Å². The van der Waals surface area contributed by atoms with Crippen LogP contribution >= 0.6 is 23.1 Å². The average Bonchev–Trinajstić information content (AvgIpc) is 3.18. The summed E-state index contributed by atoms with van der Waals surface area (Å²) < 4.78 is 6.64. The lowest BCUT2D eigenvalue weighted by atomic mass is 10.4. The number of thiophene rings is 1. The molecule has 0 aromatic carbocycles. The first-order valence-corrected chi connectivity index (χ1v) is 8.03. The predicted octanol–water partition coefficient (Wildman–Crippen LogP) is 1.36. The number of nitrogens with zero attached hydrogens (tertiary/aromatic N) is 6. The molecule has 11 heteroatoms. The molecule has 0 atom stereocenters. The van der Waals surface area contributed by atoms with Crippen LogP contribution in [-0.2, 0) is 11.8 Å². The molecule has 0 radical (unpaired) electrons. The Balaban J connectivity index is 1.65. The highest BCUT2D eigenvalue weighted by atomic mass is 32.2. The van der Waals surface area contributed by atoms with E-state index in [1.165, 1.54) is 27.8 Å². The summed E-state index contributed by atoms with van der Waals surface area (Å²) in [5.41, 5.74) is 0.648. The molecule has 0 unspecified atom stereocenters. The molecular formula is C11H11N7O2S2. The fraction of sp³-hybridized carbons (Fsp3) is 0.273. The lowest BCUT2D eigenvalue weighted by Gasteiger charge is -2.03. The van der Waals surface area contributed by atoms with Crippen molar-refractivity contribution in [3.05, 3.63) is 17.3 Å². The van der Waals surface area contributed by atoms with E-state index in [0.29, 0.717) is 22.6 Å². The molecular weight excluding hydrogens is 326 g/mol. The SMILES string of the molecule is Cc1noc(-c2sccc2NC(=O)CSc2nnnn2C)n1. The van der Waals surface area contributed by atoms with Gasteiger partial charge in [0.2, 0.25) is 11.1 Å². The molecule has 0 bridgehead atoms. The first-order valence-electron chi connectivity index (χ1n) is 6.16. The molecule has 0 aliphatic rings. The molecule has 0 aliphatic carbocycles. The van der Waals surface area contributed by atoms with Gasteiger partial charge in [-0.05, 0) is 28.8 Å².